The highest BCUT2D eigenvalue weighted by Gasteiger charge is 2.15. The van der Waals surface area contributed by atoms with Gasteiger partial charge >= 0.3 is 0 Å². The topological polar surface area (TPSA) is 25.8 Å². The van der Waals surface area contributed by atoms with Crippen LogP contribution in [-0.4, -0.2) is 9.97 Å². The molecule has 0 fully saturated rings. The SMILES string of the molecule is Cc1ccc(-c2nc(-c3nc(-c4cccs4)cs3)sc2C)cc1C. The van der Waals surface area contributed by atoms with Gasteiger partial charge in [-0.15, -0.1) is 34.0 Å². The van der Waals surface area contributed by atoms with Gasteiger partial charge in [0.25, 0.3) is 0 Å². The molecule has 0 amide bonds. The zero-order valence-electron chi connectivity index (χ0n) is 13.7. The van der Waals surface area contributed by atoms with E-state index in [0.29, 0.717) is 0 Å². The lowest BCUT2D eigenvalue weighted by atomic mass is 10.0. The average molecular weight is 369 g/mol. The van der Waals surface area contributed by atoms with Gasteiger partial charge in [-0.1, -0.05) is 18.2 Å². The zero-order valence-corrected chi connectivity index (χ0v) is 16.1. The van der Waals surface area contributed by atoms with Crippen LogP contribution in [0.1, 0.15) is 16.0 Å². The largest absolute Gasteiger partial charge is 0.233 e. The Bertz CT molecular complexity index is 994. The summed E-state index contributed by atoms with van der Waals surface area (Å²) < 4.78 is 0. The minimum Gasteiger partial charge on any atom is -0.233 e. The van der Waals surface area contributed by atoms with Crippen LogP contribution in [0.3, 0.4) is 0 Å². The quantitative estimate of drug-likeness (QED) is 0.408. The Labute approximate surface area is 153 Å². The molecule has 24 heavy (non-hydrogen) atoms. The minimum absolute atomic E-state index is 1.00. The highest BCUT2D eigenvalue weighted by molar-refractivity contribution is 7.21. The highest BCUT2D eigenvalue weighted by atomic mass is 32.1. The van der Waals surface area contributed by atoms with Gasteiger partial charge in [-0.3, -0.25) is 0 Å². The van der Waals surface area contributed by atoms with E-state index in [-0.39, 0.29) is 0 Å². The van der Waals surface area contributed by atoms with Gasteiger partial charge in [0.05, 0.1) is 16.3 Å². The minimum atomic E-state index is 1.00. The van der Waals surface area contributed by atoms with Crippen molar-refractivity contribution in [3.05, 3.63) is 57.1 Å². The molecule has 4 aromatic rings. The Morgan fingerprint density at radius 3 is 2.50 bits per heavy atom. The number of aromatic nitrogens is 2. The maximum Gasteiger partial charge on any atom is 0.153 e. The van der Waals surface area contributed by atoms with Crippen molar-refractivity contribution >= 4 is 34.0 Å². The smallest absolute Gasteiger partial charge is 0.153 e. The van der Waals surface area contributed by atoms with E-state index < -0.39 is 0 Å². The maximum absolute atomic E-state index is 4.89. The maximum atomic E-state index is 4.89. The average Bonchev–Trinajstić information content (AvgIpc) is 3.28. The zero-order chi connectivity index (χ0) is 16.7. The molecule has 0 atom stereocenters. The fraction of sp³-hybridized carbons (Fsp3) is 0.158. The molecule has 0 saturated heterocycles. The van der Waals surface area contributed by atoms with Crippen molar-refractivity contribution in [2.45, 2.75) is 20.8 Å². The number of hydrogen-bond donors (Lipinski definition) is 0. The molecule has 3 heterocycles. The molecule has 4 rings (SSSR count). The summed E-state index contributed by atoms with van der Waals surface area (Å²) in [5, 5.41) is 6.21. The molecule has 0 aliphatic heterocycles. The van der Waals surface area contributed by atoms with Gasteiger partial charge in [-0.25, -0.2) is 9.97 Å². The Balaban J connectivity index is 1.72. The van der Waals surface area contributed by atoms with Gasteiger partial charge in [0.1, 0.15) is 0 Å². The fourth-order valence-corrected chi connectivity index (χ4v) is 5.10. The third-order valence-corrected chi connectivity index (χ3v) is 6.89. The Kier molecular flexibility index (Phi) is 4.08. The first-order valence-corrected chi connectivity index (χ1v) is 10.2. The normalized spacial score (nSPS) is 11.1. The second-order valence-corrected chi connectivity index (χ2v) is 8.75. The molecule has 0 saturated carbocycles. The molecule has 5 heteroatoms. The number of aryl methyl sites for hydroxylation is 3. The Morgan fingerprint density at radius 2 is 1.75 bits per heavy atom. The van der Waals surface area contributed by atoms with Crippen LogP contribution >= 0.6 is 34.0 Å². The van der Waals surface area contributed by atoms with Crippen LogP contribution in [0.15, 0.2) is 41.1 Å². The van der Waals surface area contributed by atoms with Gasteiger partial charge in [-0.2, -0.15) is 0 Å². The van der Waals surface area contributed by atoms with E-state index in [1.165, 1.54) is 26.4 Å². The number of thiazole rings is 2. The molecule has 0 radical (unpaired) electrons. The van der Waals surface area contributed by atoms with Crippen LogP contribution in [0, 0.1) is 20.8 Å². The molecular weight excluding hydrogens is 352 g/mol. The molecule has 0 aliphatic rings. The molecule has 2 nitrogen and oxygen atoms in total. The molecule has 0 N–H and O–H groups in total. The number of nitrogens with zero attached hydrogens (tertiary/aromatic N) is 2. The third-order valence-electron chi connectivity index (χ3n) is 4.04. The van der Waals surface area contributed by atoms with Gasteiger partial charge in [0.2, 0.25) is 0 Å². The molecular formula is C19H16N2S3. The molecule has 0 spiro atoms. The molecule has 1 aromatic carbocycles. The van der Waals surface area contributed by atoms with Gasteiger partial charge in [-0.05, 0) is 49.4 Å². The molecule has 0 bridgehead atoms. The first-order valence-electron chi connectivity index (χ1n) is 7.66. The van der Waals surface area contributed by atoms with Crippen molar-refractivity contribution in [3.63, 3.8) is 0 Å². The highest BCUT2D eigenvalue weighted by Crippen LogP contribution is 2.37. The van der Waals surface area contributed by atoms with E-state index in [1.54, 1.807) is 34.0 Å². The van der Waals surface area contributed by atoms with Crippen molar-refractivity contribution in [3.8, 4) is 31.8 Å². The number of rotatable bonds is 3. The van der Waals surface area contributed by atoms with Gasteiger partial charge < -0.3 is 0 Å². The van der Waals surface area contributed by atoms with Crippen molar-refractivity contribution < 1.29 is 0 Å². The Hall–Kier alpha value is -1.82. The predicted octanol–water partition coefficient (Wildman–Crippen LogP) is 6.59. The van der Waals surface area contributed by atoms with Crippen LogP contribution < -0.4 is 0 Å². The van der Waals surface area contributed by atoms with Crippen LogP contribution in [0.2, 0.25) is 0 Å². The first-order chi connectivity index (χ1) is 11.6. The molecule has 0 aliphatic carbocycles. The van der Waals surface area contributed by atoms with E-state index in [0.717, 1.165) is 21.4 Å². The van der Waals surface area contributed by atoms with Crippen molar-refractivity contribution in [2.24, 2.45) is 0 Å². The summed E-state index contributed by atoms with van der Waals surface area (Å²) in [4.78, 5) is 12.1. The lowest BCUT2D eigenvalue weighted by Gasteiger charge is -2.03. The summed E-state index contributed by atoms with van der Waals surface area (Å²) in [6, 6.07) is 10.7. The summed E-state index contributed by atoms with van der Waals surface area (Å²) in [7, 11) is 0. The van der Waals surface area contributed by atoms with Crippen LogP contribution in [0.5, 0.6) is 0 Å². The summed E-state index contributed by atoms with van der Waals surface area (Å²) in [6.07, 6.45) is 0. The van der Waals surface area contributed by atoms with Crippen LogP contribution in [0.4, 0.5) is 0 Å². The summed E-state index contributed by atoms with van der Waals surface area (Å²) >= 11 is 5.11. The van der Waals surface area contributed by atoms with E-state index in [2.05, 4.69) is 61.9 Å². The standard InChI is InChI=1S/C19H16N2S3/c1-11-6-7-14(9-12(11)2)17-13(3)24-19(21-17)18-20-15(10-23-18)16-5-4-8-22-16/h4-10H,1-3H3. The Morgan fingerprint density at radius 1 is 0.875 bits per heavy atom. The second-order valence-electron chi connectivity index (χ2n) is 5.74. The van der Waals surface area contributed by atoms with Crippen molar-refractivity contribution in [1.82, 2.24) is 9.97 Å². The van der Waals surface area contributed by atoms with Gasteiger partial charge in [0.15, 0.2) is 10.0 Å². The van der Waals surface area contributed by atoms with E-state index in [1.807, 2.05) is 0 Å². The number of thiophene rings is 1. The fourth-order valence-electron chi connectivity index (χ4n) is 2.55. The van der Waals surface area contributed by atoms with Crippen molar-refractivity contribution in [2.75, 3.05) is 0 Å². The van der Waals surface area contributed by atoms with Gasteiger partial charge in [0, 0.05) is 15.8 Å². The lowest BCUT2D eigenvalue weighted by Crippen LogP contribution is -1.85. The van der Waals surface area contributed by atoms with E-state index in [4.69, 9.17) is 9.97 Å². The third kappa shape index (κ3) is 2.83. The predicted molar refractivity (Wildman–Crippen MR) is 106 cm³/mol. The summed E-state index contributed by atoms with van der Waals surface area (Å²) in [5.41, 5.74) is 5.92. The van der Waals surface area contributed by atoms with Crippen LogP contribution in [0.25, 0.3) is 31.8 Å². The summed E-state index contributed by atoms with van der Waals surface area (Å²) in [6.45, 7) is 6.43. The van der Waals surface area contributed by atoms with E-state index in [9.17, 15) is 0 Å². The van der Waals surface area contributed by atoms with E-state index >= 15 is 0 Å². The second kappa shape index (κ2) is 6.24. The van der Waals surface area contributed by atoms with Crippen molar-refractivity contribution in [1.29, 1.82) is 0 Å². The lowest BCUT2D eigenvalue weighted by molar-refractivity contribution is 1.31. The number of benzene rings is 1. The monoisotopic (exact) mass is 368 g/mol. The number of hydrogen-bond acceptors (Lipinski definition) is 5. The first kappa shape index (κ1) is 15.7. The molecule has 120 valence electrons. The van der Waals surface area contributed by atoms with Crippen LogP contribution in [-0.2, 0) is 0 Å². The summed E-state index contributed by atoms with van der Waals surface area (Å²) in [5.74, 6) is 0. The molecule has 3 aromatic heterocycles. The molecule has 0 unspecified atom stereocenters.